The van der Waals surface area contributed by atoms with Crippen LogP contribution in [0.3, 0.4) is 0 Å². The molecular formula is C35H37N3O6. The lowest BCUT2D eigenvalue weighted by atomic mass is 9.82. The minimum atomic E-state index is -1.33. The van der Waals surface area contributed by atoms with Crippen LogP contribution in [-0.4, -0.2) is 49.9 Å². The first-order valence-corrected chi connectivity index (χ1v) is 14.5. The highest BCUT2D eigenvalue weighted by Crippen LogP contribution is 2.42. The summed E-state index contributed by atoms with van der Waals surface area (Å²) in [6.07, 6.45) is 0.147. The van der Waals surface area contributed by atoms with Crippen molar-refractivity contribution in [3.8, 4) is 17.2 Å². The minimum Gasteiger partial charge on any atom is -0.494 e. The Balaban J connectivity index is 1.48. The zero-order chi connectivity index (χ0) is 30.8. The molecule has 3 N–H and O–H groups in total. The predicted molar refractivity (Wildman–Crippen MR) is 168 cm³/mol. The number of aliphatic hydroxyl groups is 1. The number of aliphatic imine (C=N–C) groups is 1. The molecule has 4 aromatic carbocycles. The van der Waals surface area contributed by atoms with E-state index in [1.165, 1.54) is 0 Å². The van der Waals surface area contributed by atoms with E-state index in [2.05, 4.69) is 10.9 Å². The van der Waals surface area contributed by atoms with Crippen molar-refractivity contribution in [2.24, 2.45) is 4.99 Å². The van der Waals surface area contributed by atoms with Crippen molar-refractivity contribution in [1.29, 1.82) is 0 Å². The Kier molecular flexibility index (Phi) is 10.1. The summed E-state index contributed by atoms with van der Waals surface area (Å²) in [5, 5.41) is 9.05. The SMILES string of the molecule is COc1cccc(CNNC(=O)[C@@]2(Cc3ccccc3)N=C(c3ccc(OCCCO)cc3)O[C@H]2c2ccccc2)c1OC. The van der Waals surface area contributed by atoms with Gasteiger partial charge >= 0.3 is 0 Å². The number of carbonyl (C=O) groups is 1. The van der Waals surface area contributed by atoms with Gasteiger partial charge in [0.05, 0.1) is 20.8 Å². The van der Waals surface area contributed by atoms with Gasteiger partial charge in [-0.15, -0.1) is 0 Å². The van der Waals surface area contributed by atoms with Crippen molar-refractivity contribution in [2.45, 2.75) is 31.0 Å². The molecule has 0 aromatic heterocycles. The first-order chi connectivity index (χ1) is 21.6. The highest BCUT2D eigenvalue weighted by Gasteiger charge is 2.53. The van der Waals surface area contributed by atoms with Crippen LogP contribution < -0.4 is 25.1 Å². The van der Waals surface area contributed by atoms with Gasteiger partial charge in [-0.1, -0.05) is 72.8 Å². The molecule has 0 aliphatic carbocycles. The Bertz CT molecular complexity index is 1550. The van der Waals surface area contributed by atoms with Gasteiger partial charge < -0.3 is 24.1 Å². The lowest BCUT2D eigenvalue weighted by Gasteiger charge is -2.31. The fraction of sp³-hybridized carbons (Fsp3) is 0.257. The Labute approximate surface area is 257 Å². The summed E-state index contributed by atoms with van der Waals surface area (Å²) < 4.78 is 23.2. The molecule has 9 heteroatoms. The standard InChI is InChI=1S/C35H37N3O6/c1-41-30-16-9-15-28(31(30)42-2)24-36-38-34(40)35(23-25-11-5-3-6-12-25)32(26-13-7-4-8-14-26)44-33(37-35)27-17-19-29(20-18-27)43-22-10-21-39/h3-9,11-20,32,36,39H,10,21-24H2,1-2H3,(H,38,40)/t32-,35-/m0/s1. The van der Waals surface area contributed by atoms with Gasteiger partial charge in [0.1, 0.15) is 5.75 Å². The minimum absolute atomic E-state index is 0.0666. The molecule has 0 unspecified atom stereocenters. The fourth-order valence-electron chi connectivity index (χ4n) is 5.24. The molecular weight excluding hydrogens is 558 g/mol. The summed E-state index contributed by atoms with van der Waals surface area (Å²) in [5.74, 6) is 1.89. The predicted octanol–water partition coefficient (Wildman–Crippen LogP) is 4.79. The summed E-state index contributed by atoms with van der Waals surface area (Å²) in [5.41, 5.74) is 7.97. The number of hydrogen-bond acceptors (Lipinski definition) is 8. The van der Waals surface area contributed by atoms with E-state index in [-0.39, 0.29) is 12.5 Å². The molecule has 0 fully saturated rings. The fourth-order valence-corrected chi connectivity index (χ4v) is 5.24. The number of hydrazine groups is 1. The maximum Gasteiger partial charge on any atom is 0.266 e. The van der Waals surface area contributed by atoms with E-state index in [1.807, 2.05) is 103 Å². The average molecular weight is 596 g/mol. The number of hydrogen-bond donors (Lipinski definition) is 3. The summed E-state index contributed by atoms with van der Waals surface area (Å²) in [4.78, 5) is 19.4. The zero-order valence-corrected chi connectivity index (χ0v) is 24.9. The smallest absolute Gasteiger partial charge is 0.266 e. The van der Waals surface area contributed by atoms with Gasteiger partial charge in [-0.25, -0.2) is 10.4 Å². The normalized spacial score (nSPS) is 17.3. The summed E-state index contributed by atoms with van der Waals surface area (Å²) >= 11 is 0. The highest BCUT2D eigenvalue weighted by molar-refractivity contribution is 6.01. The van der Waals surface area contributed by atoms with E-state index in [0.29, 0.717) is 49.1 Å². The van der Waals surface area contributed by atoms with Gasteiger partial charge in [0.25, 0.3) is 5.91 Å². The molecule has 44 heavy (non-hydrogen) atoms. The van der Waals surface area contributed by atoms with Crippen LogP contribution in [0.5, 0.6) is 17.2 Å². The lowest BCUT2D eigenvalue weighted by Crippen LogP contribution is -2.53. The van der Waals surface area contributed by atoms with Crippen molar-refractivity contribution in [1.82, 2.24) is 10.9 Å². The summed E-state index contributed by atoms with van der Waals surface area (Å²) in [6, 6.07) is 32.4. The van der Waals surface area contributed by atoms with Crippen LogP contribution in [0.2, 0.25) is 0 Å². The third-order valence-corrected chi connectivity index (χ3v) is 7.41. The molecule has 1 aliphatic heterocycles. The van der Waals surface area contributed by atoms with Crippen LogP contribution >= 0.6 is 0 Å². The molecule has 9 nitrogen and oxygen atoms in total. The molecule has 4 aromatic rings. The first kappa shape index (κ1) is 30.6. The van der Waals surface area contributed by atoms with E-state index in [9.17, 15) is 4.79 Å². The molecule has 5 rings (SSSR count). The van der Waals surface area contributed by atoms with Gasteiger partial charge in [-0.05, 0) is 41.5 Å². The number of aliphatic hydroxyl groups excluding tert-OH is 1. The van der Waals surface area contributed by atoms with Crippen molar-refractivity contribution in [2.75, 3.05) is 27.4 Å². The number of methoxy groups -OCH3 is 2. The molecule has 0 saturated heterocycles. The van der Waals surface area contributed by atoms with Crippen LogP contribution in [0.4, 0.5) is 0 Å². The maximum atomic E-state index is 14.3. The highest BCUT2D eigenvalue weighted by atomic mass is 16.5. The second-order valence-corrected chi connectivity index (χ2v) is 10.3. The molecule has 2 atom stereocenters. The largest absolute Gasteiger partial charge is 0.494 e. The van der Waals surface area contributed by atoms with E-state index >= 15 is 0 Å². The number of amides is 1. The second kappa shape index (κ2) is 14.5. The number of benzene rings is 4. The maximum absolute atomic E-state index is 14.3. The van der Waals surface area contributed by atoms with Crippen LogP contribution in [0, 0.1) is 0 Å². The molecule has 0 radical (unpaired) electrons. The molecule has 0 bridgehead atoms. The monoisotopic (exact) mass is 595 g/mol. The Morgan fingerprint density at radius 2 is 1.64 bits per heavy atom. The van der Waals surface area contributed by atoms with Crippen molar-refractivity contribution in [3.05, 3.63) is 125 Å². The van der Waals surface area contributed by atoms with E-state index < -0.39 is 11.6 Å². The quantitative estimate of drug-likeness (QED) is 0.142. The number of nitrogens with zero attached hydrogens (tertiary/aromatic N) is 1. The van der Waals surface area contributed by atoms with Gasteiger partial charge in [0.15, 0.2) is 23.1 Å². The molecule has 1 amide bonds. The van der Waals surface area contributed by atoms with Crippen LogP contribution in [0.15, 0.2) is 108 Å². The Hall–Kier alpha value is -4.86. The van der Waals surface area contributed by atoms with Gasteiger partial charge in [-0.3, -0.25) is 10.2 Å². The summed E-state index contributed by atoms with van der Waals surface area (Å²) in [7, 11) is 3.17. The van der Waals surface area contributed by atoms with Gasteiger partial charge in [-0.2, -0.15) is 0 Å². The number of rotatable bonds is 14. The number of ether oxygens (including phenoxy) is 4. The first-order valence-electron chi connectivity index (χ1n) is 14.5. The van der Waals surface area contributed by atoms with Crippen LogP contribution in [0.1, 0.15) is 34.8 Å². The zero-order valence-electron chi connectivity index (χ0n) is 24.9. The van der Waals surface area contributed by atoms with Crippen molar-refractivity contribution >= 4 is 11.8 Å². The van der Waals surface area contributed by atoms with E-state index in [1.54, 1.807) is 14.2 Å². The lowest BCUT2D eigenvalue weighted by molar-refractivity contribution is -0.130. The molecule has 1 heterocycles. The number of carbonyl (C=O) groups excluding carboxylic acids is 1. The molecule has 0 spiro atoms. The molecule has 0 saturated carbocycles. The van der Waals surface area contributed by atoms with Crippen LogP contribution in [-0.2, 0) is 22.5 Å². The van der Waals surface area contributed by atoms with Crippen molar-refractivity contribution in [3.63, 3.8) is 0 Å². The third-order valence-electron chi connectivity index (χ3n) is 7.41. The second-order valence-electron chi connectivity index (χ2n) is 10.3. The average Bonchev–Trinajstić information content (AvgIpc) is 3.46. The van der Waals surface area contributed by atoms with E-state index in [0.717, 1.165) is 22.3 Å². The Morgan fingerprint density at radius 1 is 0.909 bits per heavy atom. The number of nitrogens with one attached hydrogen (secondary N) is 2. The third kappa shape index (κ3) is 6.85. The number of para-hydroxylation sites is 1. The molecule has 228 valence electrons. The summed E-state index contributed by atoms with van der Waals surface area (Å²) in [6.45, 7) is 0.772. The topological polar surface area (TPSA) is 111 Å². The Morgan fingerprint density at radius 3 is 2.32 bits per heavy atom. The van der Waals surface area contributed by atoms with Gasteiger partial charge in [0, 0.05) is 37.1 Å². The van der Waals surface area contributed by atoms with Crippen molar-refractivity contribution < 1.29 is 28.8 Å². The van der Waals surface area contributed by atoms with Crippen LogP contribution in [0.25, 0.3) is 0 Å². The van der Waals surface area contributed by atoms with E-state index in [4.69, 9.17) is 29.0 Å². The molecule has 1 aliphatic rings. The van der Waals surface area contributed by atoms with Gasteiger partial charge in [0.2, 0.25) is 5.90 Å².